The highest BCUT2D eigenvalue weighted by molar-refractivity contribution is 7.52. The van der Waals surface area contributed by atoms with Crippen molar-refractivity contribution in [2.75, 3.05) is 19.7 Å². The van der Waals surface area contributed by atoms with Gasteiger partial charge in [0, 0.05) is 0 Å². The number of esters is 1. The standard InChI is InChI=1S/C11H20NO9P/c1-4-11(2,3)9(15)19-7-20-10(16)12-6-22(17,18)21-5-8(13)14/h4-7H2,1-3H3,(H,12,16)(H,13,14)(H,17,18). The van der Waals surface area contributed by atoms with Crippen molar-refractivity contribution < 1.29 is 42.9 Å². The maximum absolute atomic E-state index is 11.5. The quantitative estimate of drug-likeness (QED) is 0.316. The Balaban J connectivity index is 4.03. The van der Waals surface area contributed by atoms with Gasteiger partial charge in [0.2, 0.25) is 6.79 Å². The van der Waals surface area contributed by atoms with Crippen LogP contribution in [0.1, 0.15) is 27.2 Å². The molecular formula is C11H20NO9P. The third-order valence-corrected chi connectivity index (χ3v) is 3.72. The lowest BCUT2D eigenvalue weighted by atomic mass is 9.91. The molecule has 0 aliphatic heterocycles. The monoisotopic (exact) mass is 341 g/mol. The smallest absolute Gasteiger partial charge is 0.410 e. The predicted molar refractivity (Wildman–Crippen MR) is 72.9 cm³/mol. The Bertz CT molecular complexity index is 462. The van der Waals surface area contributed by atoms with Crippen LogP contribution in [0.3, 0.4) is 0 Å². The second-order valence-electron chi connectivity index (χ2n) is 4.86. The van der Waals surface area contributed by atoms with Crippen molar-refractivity contribution in [3.05, 3.63) is 0 Å². The minimum Gasteiger partial charge on any atom is -0.480 e. The SMILES string of the molecule is CCC(C)(C)C(=O)OCOC(=O)NCP(=O)(O)OCC(=O)O. The van der Waals surface area contributed by atoms with Gasteiger partial charge in [-0.2, -0.15) is 0 Å². The molecule has 0 aromatic carbocycles. The van der Waals surface area contributed by atoms with E-state index in [9.17, 15) is 23.8 Å². The lowest BCUT2D eigenvalue weighted by Gasteiger charge is -2.20. The summed E-state index contributed by atoms with van der Waals surface area (Å²) in [5, 5.41) is 10.2. The van der Waals surface area contributed by atoms with E-state index in [1.165, 1.54) is 0 Å². The average molecular weight is 341 g/mol. The molecule has 0 heterocycles. The van der Waals surface area contributed by atoms with Gasteiger partial charge in [-0.05, 0) is 20.3 Å². The third-order valence-electron chi connectivity index (χ3n) is 2.63. The summed E-state index contributed by atoms with van der Waals surface area (Å²) < 4.78 is 24.7. The predicted octanol–water partition coefficient (Wildman–Crippen LogP) is 0.894. The van der Waals surface area contributed by atoms with Gasteiger partial charge in [0.1, 0.15) is 6.29 Å². The highest BCUT2D eigenvalue weighted by Crippen LogP contribution is 2.39. The normalized spacial score (nSPS) is 13.8. The molecule has 0 fully saturated rings. The molecule has 10 nitrogen and oxygen atoms in total. The molecule has 0 aromatic heterocycles. The maximum atomic E-state index is 11.5. The number of ether oxygens (including phenoxy) is 2. The lowest BCUT2D eigenvalue weighted by Crippen LogP contribution is -2.30. The van der Waals surface area contributed by atoms with Crippen molar-refractivity contribution in [3.63, 3.8) is 0 Å². The van der Waals surface area contributed by atoms with E-state index in [0.717, 1.165) is 0 Å². The van der Waals surface area contributed by atoms with Gasteiger partial charge in [-0.25, -0.2) is 9.59 Å². The van der Waals surface area contributed by atoms with Crippen molar-refractivity contribution in [1.82, 2.24) is 5.32 Å². The number of carboxylic acids is 1. The summed E-state index contributed by atoms with van der Waals surface area (Å²) in [5.74, 6) is -1.98. The third kappa shape index (κ3) is 8.60. The molecule has 0 rings (SSSR count). The second-order valence-corrected chi connectivity index (χ2v) is 6.71. The van der Waals surface area contributed by atoms with E-state index < -0.39 is 50.7 Å². The molecule has 1 unspecified atom stereocenters. The minimum atomic E-state index is -4.28. The van der Waals surface area contributed by atoms with Crippen molar-refractivity contribution in [3.8, 4) is 0 Å². The van der Waals surface area contributed by atoms with Gasteiger partial charge in [0.25, 0.3) is 0 Å². The molecule has 128 valence electrons. The summed E-state index contributed by atoms with van der Waals surface area (Å²) in [6.07, 6.45) is -1.42. The molecule has 1 amide bonds. The van der Waals surface area contributed by atoms with Crippen LogP contribution < -0.4 is 5.32 Å². The lowest BCUT2D eigenvalue weighted by molar-refractivity contribution is -0.162. The van der Waals surface area contributed by atoms with E-state index >= 15 is 0 Å². The number of carbonyl (C=O) groups is 3. The Morgan fingerprint density at radius 2 is 1.82 bits per heavy atom. The highest BCUT2D eigenvalue weighted by atomic mass is 31.2. The molecule has 0 aliphatic rings. The van der Waals surface area contributed by atoms with E-state index in [1.807, 2.05) is 5.32 Å². The Kier molecular flexibility index (Phi) is 8.07. The molecule has 1 atom stereocenters. The molecule has 0 radical (unpaired) electrons. The number of amides is 1. The van der Waals surface area contributed by atoms with Crippen LogP contribution in [-0.2, 0) is 28.2 Å². The Morgan fingerprint density at radius 3 is 2.32 bits per heavy atom. The fourth-order valence-corrected chi connectivity index (χ4v) is 1.63. The number of rotatable bonds is 9. The summed E-state index contributed by atoms with van der Waals surface area (Å²) in [4.78, 5) is 42.1. The van der Waals surface area contributed by atoms with Crippen LogP contribution in [0.5, 0.6) is 0 Å². The zero-order valence-corrected chi connectivity index (χ0v) is 13.4. The second kappa shape index (κ2) is 8.72. The van der Waals surface area contributed by atoms with E-state index in [-0.39, 0.29) is 0 Å². The van der Waals surface area contributed by atoms with Gasteiger partial charge in [0.05, 0.1) is 5.41 Å². The number of alkyl carbamates (subject to hydrolysis) is 1. The molecule has 3 N–H and O–H groups in total. The topological polar surface area (TPSA) is 148 Å². The fourth-order valence-electron chi connectivity index (χ4n) is 0.893. The zero-order valence-electron chi connectivity index (χ0n) is 12.5. The van der Waals surface area contributed by atoms with Gasteiger partial charge in [-0.15, -0.1) is 0 Å². The molecular weight excluding hydrogens is 321 g/mol. The van der Waals surface area contributed by atoms with Crippen LogP contribution in [-0.4, -0.2) is 47.7 Å². The van der Waals surface area contributed by atoms with Crippen LogP contribution in [0.15, 0.2) is 0 Å². The largest absolute Gasteiger partial charge is 0.480 e. The van der Waals surface area contributed by atoms with Gasteiger partial charge in [-0.1, -0.05) is 6.92 Å². The van der Waals surface area contributed by atoms with Gasteiger partial charge in [0.15, 0.2) is 6.61 Å². The van der Waals surface area contributed by atoms with Crippen LogP contribution in [0.25, 0.3) is 0 Å². The van der Waals surface area contributed by atoms with Crippen molar-refractivity contribution in [2.45, 2.75) is 27.2 Å². The van der Waals surface area contributed by atoms with Crippen molar-refractivity contribution in [2.24, 2.45) is 5.41 Å². The fraction of sp³-hybridized carbons (Fsp3) is 0.727. The average Bonchev–Trinajstić information content (AvgIpc) is 2.43. The number of carboxylic acid groups (broad SMARTS) is 1. The molecule has 0 aliphatic carbocycles. The van der Waals surface area contributed by atoms with Crippen LogP contribution >= 0.6 is 7.60 Å². The zero-order chi connectivity index (χ0) is 17.4. The highest BCUT2D eigenvalue weighted by Gasteiger charge is 2.27. The Morgan fingerprint density at radius 1 is 1.23 bits per heavy atom. The van der Waals surface area contributed by atoms with E-state index in [1.54, 1.807) is 20.8 Å². The van der Waals surface area contributed by atoms with E-state index in [0.29, 0.717) is 6.42 Å². The van der Waals surface area contributed by atoms with Gasteiger partial charge in [-0.3, -0.25) is 13.9 Å². The van der Waals surface area contributed by atoms with E-state index in [2.05, 4.69) is 9.26 Å². The van der Waals surface area contributed by atoms with Crippen LogP contribution in [0.2, 0.25) is 0 Å². The minimum absolute atomic E-state index is 0.534. The van der Waals surface area contributed by atoms with Crippen LogP contribution in [0.4, 0.5) is 4.79 Å². The summed E-state index contributed by atoms with van der Waals surface area (Å²) in [7, 11) is -4.28. The Hall–Kier alpha value is -1.64. The first-order valence-corrected chi connectivity index (χ1v) is 8.02. The Labute approximate surface area is 127 Å². The first kappa shape index (κ1) is 20.4. The summed E-state index contributed by atoms with van der Waals surface area (Å²) in [6.45, 7) is 3.49. The molecule has 0 saturated heterocycles. The number of aliphatic carboxylic acids is 1. The summed E-state index contributed by atoms with van der Waals surface area (Å²) in [5.41, 5.74) is -0.717. The van der Waals surface area contributed by atoms with Gasteiger partial charge < -0.3 is 24.8 Å². The molecule has 11 heteroatoms. The molecule has 0 aromatic rings. The maximum Gasteiger partial charge on any atom is 0.410 e. The number of nitrogens with one attached hydrogen (secondary N) is 1. The number of carbonyl (C=O) groups excluding carboxylic acids is 2. The summed E-state index contributed by atoms with van der Waals surface area (Å²) in [6, 6.07) is 0. The first-order chi connectivity index (χ1) is 10.00. The molecule has 0 bridgehead atoms. The number of hydrogen-bond donors (Lipinski definition) is 3. The van der Waals surface area contributed by atoms with Gasteiger partial charge >= 0.3 is 25.6 Å². The molecule has 0 saturated carbocycles. The van der Waals surface area contributed by atoms with Crippen LogP contribution in [0, 0.1) is 5.41 Å². The summed E-state index contributed by atoms with van der Waals surface area (Å²) >= 11 is 0. The van der Waals surface area contributed by atoms with E-state index in [4.69, 9.17) is 9.84 Å². The number of hydrogen-bond acceptors (Lipinski definition) is 7. The molecule has 0 spiro atoms. The van der Waals surface area contributed by atoms with Crippen molar-refractivity contribution >= 4 is 25.6 Å². The van der Waals surface area contributed by atoms with Crippen molar-refractivity contribution in [1.29, 1.82) is 0 Å². The first-order valence-electron chi connectivity index (χ1n) is 6.26. The molecule has 22 heavy (non-hydrogen) atoms.